The van der Waals surface area contributed by atoms with E-state index in [9.17, 15) is 4.79 Å². The highest BCUT2D eigenvalue weighted by molar-refractivity contribution is 5.79. The fourth-order valence-electron chi connectivity index (χ4n) is 2.34. The number of amides is 1. The molecule has 0 unspecified atom stereocenters. The second-order valence-corrected chi connectivity index (χ2v) is 5.54. The number of hydrazone groups is 1. The van der Waals surface area contributed by atoms with Crippen LogP contribution in [0.15, 0.2) is 59.7 Å². The SMILES string of the molecule is CCC(/C=N\NC(=O)COc1ccccc1-c1ccccc1)CC. The van der Waals surface area contributed by atoms with Gasteiger partial charge in [-0.2, -0.15) is 5.10 Å². The maximum absolute atomic E-state index is 11.9. The molecule has 0 aliphatic rings. The summed E-state index contributed by atoms with van der Waals surface area (Å²) in [7, 11) is 0. The number of ether oxygens (including phenoxy) is 1. The summed E-state index contributed by atoms with van der Waals surface area (Å²) < 4.78 is 5.68. The van der Waals surface area contributed by atoms with Crippen LogP contribution in [-0.4, -0.2) is 18.7 Å². The molecule has 0 fully saturated rings. The van der Waals surface area contributed by atoms with Crippen molar-refractivity contribution in [2.24, 2.45) is 11.0 Å². The molecule has 0 saturated carbocycles. The van der Waals surface area contributed by atoms with E-state index in [1.807, 2.05) is 54.6 Å². The number of para-hydroxylation sites is 1. The molecule has 2 aromatic rings. The van der Waals surface area contributed by atoms with Crippen LogP contribution in [0.25, 0.3) is 11.1 Å². The quantitative estimate of drug-likeness (QED) is 0.582. The van der Waals surface area contributed by atoms with Gasteiger partial charge in [0.25, 0.3) is 5.91 Å². The van der Waals surface area contributed by atoms with E-state index >= 15 is 0 Å². The average molecular weight is 324 g/mol. The van der Waals surface area contributed by atoms with Crippen LogP contribution in [0.2, 0.25) is 0 Å². The van der Waals surface area contributed by atoms with Gasteiger partial charge in [-0.05, 0) is 30.4 Å². The Labute approximate surface area is 143 Å². The number of rotatable bonds is 8. The van der Waals surface area contributed by atoms with Gasteiger partial charge >= 0.3 is 0 Å². The summed E-state index contributed by atoms with van der Waals surface area (Å²) in [5.41, 5.74) is 4.54. The van der Waals surface area contributed by atoms with Crippen LogP contribution >= 0.6 is 0 Å². The molecule has 24 heavy (non-hydrogen) atoms. The maximum atomic E-state index is 11.9. The summed E-state index contributed by atoms with van der Waals surface area (Å²) in [6.45, 7) is 4.14. The van der Waals surface area contributed by atoms with E-state index in [1.54, 1.807) is 6.21 Å². The van der Waals surface area contributed by atoms with Crippen molar-refractivity contribution in [3.63, 3.8) is 0 Å². The van der Waals surface area contributed by atoms with Crippen LogP contribution in [0.1, 0.15) is 26.7 Å². The highest BCUT2D eigenvalue weighted by Gasteiger charge is 2.08. The van der Waals surface area contributed by atoms with Gasteiger partial charge in [0.05, 0.1) is 0 Å². The molecule has 0 radical (unpaired) electrons. The number of carbonyl (C=O) groups is 1. The standard InChI is InChI=1S/C20H24N2O2/c1-3-16(4-2)14-21-22-20(23)15-24-19-13-9-8-12-18(19)17-10-6-5-7-11-17/h5-14,16H,3-4,15H2,1-2H3,(H,22,23)/b21-14-. The highest BCUT2D eigenvalue weighted by atomic mass is 16.5. The summed E-state index contributed by atoms with van der Waals surface area (Å²) in [5, 5.41) is 4.00. The molecule has 0 bridgehead atoms. The van der Waals surface area contributed by atoms with Crippen molar-refractivity contribution < 1.29 is 9.53 Å². The molecule has 4 nitrogen and oxygen atoms in total. The summed E-state index contributed by atoms with van der Waals surface area (Å²) >= 11 is 0. The lowest BCUT2D eigenvalue weighted by Gasteiger charge is -2.11. The minimum absolute atomic E-state index is 0.0654. The number of benzene rings is 2. The Balaban J connectivity index is 1.94. The van der Waals surface area contributed by atoms with Gasteiger partial charge < -0.3 is 4.74 Å². The van der Waals surface area contributed by atoms with E-state index in [0.29, 0.717) is 11.7 Å². The fraction of sp³-hybridized carbons (Fsp3) is 0.300. The van der Waals surface area contributed by atoms with Crippen LogP contribution in [0.4, 0.5) is 0 Å². The Hall–Kier alpha value is -2.62. The van der Waals surface area contributed by atoms with Crippen molar-refractivity contribution in [1.82, 2.24) is 5.43 Å². The molecular formula is C20H24N2O2. The largest absolute Gasteiger partial charge is 0.483 e. The smallest absolute Gasteiger partial charge is 0.277 e. The monoisotopic (exact) mass is 324 g/mol. The first-order chi connectivity index (χ1) is 11.7. The Bertz CT molecular complexity index is 664. The van der Waals surface area contributed by atoms with Gasteiger partial charge in [-0.3, -0.25) is 4.79 Å². The van der Waals surface area contributed by atoms with E-state index in [-0.39, 0.29) is 12.5 Å². The van der Waals surface area contributed by atoms with E-state index < -0.39 is 0 Å². The molecule has 0 saturated heterocycles. The average Bonchev–Trinajstić information content (AvgIpc) is 2.64. The maximum Gasteiger partial charge on any atom is 0.277 e. The summed E-state index contributed by atoms with van der Waals surface area (Å²) in [4.78, 5) is 11.9. The van der Waals surface area contributed by atoms with E-state index in [1.165, 1.54) is 0 Å². The van der Waals surface area contributed by atoms with Crippen molar-refractivity contribution in [3.05, 3.63) is 54.6 Å². The zero-order valence-corrected chi connectivity index (χ0v) is 14.2. The Morgan fingerprint density at radius 2 is 1.75 bits per heavy atom. The summed E-state index contributed by atoms with van der Waals surface area (Å²) in [6.07, 6.45) is 3.81. The Kier molecular flexibility index (Phi) is 7.02. The van der Waals surface area contributed by atoms with Crippen molar-refractivity contribution in [2.45, 2.75) is 26.7 Å². The van der Waals surface area contributed by atoms with Gasteiger partial charge in [0.1, 0.15) is 5.75 Å². The normalized spacial score (nSPS) is 11.0. The topological polar surface area (TPSA) is 50.7 Å². The second kappa shape index (κ2) is 9.50. The van der Waals surface area contributed by atoms with Gasteiger partial charge in [0.15, 0.2) is 6.61 Å². The molecule has 0 aliphatic carbocycles. The molecule has 4 heteroatoms. The molecule has 0 atom stereocenters. The third-order valence-electron chi connectivity index (χ3n) is 3.85. The van der Waals surface area contributed by atoms with Gasteiger partial charge in [0, 0.05) is 11.8 Å². The molecule has 0 heterocycles. The lowest BCUT2D eigenvalue weighted by molar-refractivity contribution is -0.123. The predicted octanol–water partition coefficient (Wildman–Crippen LogP) is 4.27. The lowest BCUT2D eigenvalue weighted by atomic mass is 10.1. The third kappa shape index (κ3) is 5.23. The number of hydrogen-bond acceptors (Lipinski definition) is 3. The minimum Gasteiger partial charge on any atom is -0.483 e. The number of nitrogens with one attached hydrogen (secondary N) is 1. The Morgan fingerprint density at radius 1 is 1.08 bits per heavy atom. The summed E-state index contributed by atoms with van der Waals surface area (Å²) in [6, 6.07) is 17.6. The van der Waals surface area contributed by atoms with Gasteiger partial charge in [-0.25, -0.2) is 5.43 Å². The van der Waals surface area contributed by atoms with Gasteiger partial charge in [-0.1, -0.05) is 62.4 Å². The molecule has 2 aromatic carbocycles. The summed E-state index contributed by atoms with van der Waals surface area (Å²) in [5.74, 6) is 0.813. The third-order valence-corrected chi connectivity index (χ3v) is 3.85. The van der Waals surface area contributed by atoms with Crippen LogP contribution in [0, 0.1) is 5.92 Å². The Morgan fingerprint density at radius 3 is 2.46 bits per heavy atom. The van der Waals surface area contributed by atoms with E-state index in [0.717, 1.165) is 24.0 Å². The first-order valence-electron chi connectivity index (χ1n) is 8.33. The molecule has 126 valence electrons. The first-order valence-corrected chi connectivity index (χ1v) is 8.33. The van der Waals surface area contributed by atoms with E-state index in [4.69, 9.17) is 4.74 Å². The van der Waals surface area contributed by atoms with Crippen molar-refractivity contribution >= 4 is 12.1 Å². The number of nitrogens with zero attached hydrogens (tertiary/aromatic N) is 1. The predicted molar refractivity (Wildman–Crippen MR) is 98.1 cm³/mol. The second-order valence-electron chi connectivity index (χ2n) is 5.54. The molecule has 1 amide bonds. The molecule has 1 N–H and O–H groups in total. The van der Waals surface area contributed by atoms with Crippen LogP contribution in [-0.2, 0) is 4.79 Å². The van der Waals surface area contributed by atoms with Crippen LogP contribution in [0.3, 0.4) is 0 Å². The highest BCUT2D eigenvalue weighted by Crippen LogP contribution is 2.29. The van der Waals surface area contributed by atoms with Crippen molar-refractivity contribution in [1.29, 1.82) is 0 Å². The fourth-order valence-corrected chi connectivity index (χ4v) is 2.34. The number of hydrogen-bond donors (Lipinski definition) is 1. The number of carbonyl (C=O) groups excluding carboxylic acids is 1. The molecule has 0 spiro atoms. The van der Waals surface area contributed by atoms with E-state index in [2.05, 4.69) is 24.4 Å². The molecular weight excluding hydrogens is 300 g/mol. The van der Waals surface area contributed by atoms with Crippen LogP contribution < -0.4 is 10.2 Å². The first kappa shape index (κ1) is 17.7. The van der Waals surface area contributed by atoms with Gasteiger partial charge in [-0.15, -0.1) is 0 Å². The lowest BCUT2D eigenvalue weighted by Crippen LogP contribution is -2.25. The van der Waals surface area contributed by atoms with Crippen molar-refractivity contribution in [2.75, 3.05) is 6.61 Å². The molecule has 2 rings (SSSR count). The van der Waals surface area contributed by atoms with Crippen LogP contribution in [0.5, 0.6) is 5.75 Å². The molecule has 0 aliphatic heterocycles. The van der Waals surface area contributed by atoms with Crippen molar-refractivity contribution in [3.8, 4) is 16.9 Å². The minimum atomic E-state index is -0.264. The van der Waals surface area contributed by atoms with Gasteiger partial charge in [0.2, 0.25) is 0 Å². The zero-order valence-electron chi connectivity index (χ0n) is 14.2. The zero-order chi connectivity index (χ0) is 17.2. The molecule has 0 aromatic heterocycles.